The Kier molecular flexibility index (Phi) is 27.5. The third kappa shape index (κ3) is 22.8. The number of aliphatic hydroxyl groups excluding tert-OH is 1. The Labute approximate surface area is 272 Å². The predicted molar refractivity (Wildman–Crippen MR) is 187 cm³/mol. The van der Waals surface area contributed by atoms with E-state index < -0.39 is 18.0 Å². The smallest absolute Gasteiger partial charge is 0.312 e. The highest BCUT2D eigenvalue weighted by Crippen LogP contribution is 2.22. The molecule has 0 bridgehead atoms. The second-order valence-corrected chi connectivity index (χ2v) is 13.3. The van der Waals surface area contributed by atoms with Crippen molar-refractivity contribution in [2.24, 2.45) is 5.92 Å². The number of aliphatic hydroxyl groups is 1. The molecule has 1 aromatic rings. The van der Waals surface area contributed by atoms with E-state index in [9.17, 15) is 14.7 Å². The number of Topliss-reactive ketones (excluding diaryl/α,β-unsaturated/α-hetero) is 1. The second kappa shape index (κ2) is 30.0. The van der Waals surface area contributed by atoms with Gasteiger partial charge in [-0.25, -0.2) is 0 Å². The van der Waals surface area contributed by atoms with Gasteiger partial charge >= 0.3 is 5.97 Å². The summed E-state index contributed by atoms with van der Waals surface area (Å²) in [5, 5.41) is 11.0. The Balaban J connectivity index is 2.31. The van der Waals surface area contributed by atoms with Crippen LogP contribution in [0.2, 0.25) is 0 Å². The van der Waals surface area contributed by atoms with Crippen LogP contribution in [-0.4, -0.2) is 29.6 Å². The van der Waals surface area contributed by atoms with Crippen LogP contribution < -0.4 is 0 Å². The molecule has 0 aliphatic carbocycles. The monoisotopic (exact) mass is 615 g/mol. The van der Waals surface area contributed by atoms with Crippen LogP contribution in [0.25, 0.3) is 0 Å². The molecule has 0 saturated heterocycles. The fraction of sp³-hybridized carbons (Fsp3) is 0.800. The van der Waals surface area contributed by atoms with E-state index in [1.807, 2.05) is 18.2 Å². The highest BCUT2D eigenvalue weighted by atomic mass is 16.5. The van der Waals surface area contributed by atoms with Crippen molar-refractivity contribution >= 4 is 11.8 Å². The van der Waals surface area contributed by atoms with Gasteiger partial charge in [-0.2, -0.15) is 0 Å². The Bertz CT molecular complexity index is 777. The van der Waals surface area contributed by atoms with Crippen LogP contribution in [0.3, 0.4) is 0 Å². The van der Waals surface area contributed by atoms with Gasteiger partial charge in [0.05, 0.1) is 12.0 Å². The van der Waals surface area contributed by atoms with E-state index in [-0.39, 0.29) is 12.4 Å². The zero-order valence-electron chi connectivity index (χ0n) is 29.0. The minimum atomic E-state index is -0.699. The van der Waals surface area contributed by atoms with E-state index >= 15 is 0 Å². The van der Waals surface area contributed by atoms with Crippen molar-refractivity contribution < 1.29 is 19.4 Å². The maximum absolute atomic E-state index is 13.1. The zero-order chi connectivity index (χ0) is 31.9. The Morgan fingerprint density at radius 1 is 0.545 bits per heavy atom. The first-order valence-corrected chi connectivity index (χ1v) is 19.0. The summed E-state index contributed by atoms with van der Waals surface area (Å²) in [5.74, 6) is -1.16. The van der Waals surface area contributed by atoms with Gasteiger partial charge in [0.1, 0.15) is 0 Å². The number of unbranched alkanes of at least 4 members (excludes halogenated alkanes) is 23. The number of hydrogen-bond donors (Lipinski definition) is 1. The first-order valence-electron chi connectivity index (χ1n) is 19.0. The van der Waals surface area contributed by atoms with E-state index in [4.69, 9.17) is 4.74 Å². The van der Waals surface area contributed by atoms with Crippen LogP contribution in [0.5, 0.6) is 0 Å². The summed E-state index contributed by atoms with van der Waals surface area (Å²) >= 11 is 0. The summed E-state index contributed by atoms with van der Waals surface area (Å²) in [6.45, 7) is 4.27. The molecule has 0 aliphatic heterocycles. The molecule has 2 atom stereocenters. The van der Waals surface area contributed by atoms with Gasteiger partial charge in [0.15, 0.2) is 12.4 Å². The normalized spacial score (nSPS) is 12.7. The predicted octanol–water partition coefficient (Wildman–Crippen LogP) is 12.0. The molecule has 44 heavy (non-hydrogen) atoms. The van der Waals surface area contributed by atoms with Crippen molar-refractivity contribution in [2.45, 2.75) is 193 Å². The van der Waals surface area contributed by atoms with E-state index in [0.29, 0.717) is 18.4 Å². The fourth-order valence-corrected chi connectivity index (χ4v) is 6.20. The molecule has 0 aromatic heterocycles. The minimum Gasteiger partial charge on any atom is -0.457 e. The van der Waals surface area contributed by atoms with Crippen LogP contribution in [0.4, 0.5) is 0 Å². The quantitative estimate of drug-likeness (QED) is 0.0498. The largest absolute Gasteiger partial charge is 0.457 e. The lowest BCUT2D eigenvalue weighted by Crippen LogP contribution is -2.31. The van der Waals surface area contributed by atoms with Gasteiger partial charge in [0.25, 0.3) is 0 Å². The van der Waals surface area contributed by atoms with Crippen molar-refractivity contribution in [1.29, 1.82) is 0 Å². The van der Waals surface area contributed by atoms with Crippen LogP contribution in [-0.2, 0) is 9.53 Å². The molecule has 2 unspecified atom stereocenters. The van der Waals surface area contributed by atoms with Gasteiger partial charge < -0.3 is 9.84 Å². The molecule has 0 radical (unpaired) electrons. The summed E-state index contributed by atoms with van der Waals surface area (Å²) in [6.07, 6.45) is 32.5. The number of hydrogen-bond acceptors (Lipinski definition) is 4. The SMILES string of the molecule is CCCCCCCCCCCCCCCC(O)C(CCCCCCCCCCCCCC)C(=O)OCC(=O)c1ccccc1. The van der Waals surface area contributed by atoms with Gasteiger partial charge in [-0.1, -0.05) is 205 Å². The third-order valence-electron chi connectivity index (χ3n) is 9.18. The molecule has 0 fully saturated rings. The average Bonchev–Trinajstić information content (AvgIpc) is 3.04. The van der Waals surface area contributed by atoms with Crippen molar-refractivity contribution in [1.82, 2.24) is 0 Å². The molecule has 4 heteroatoms. The van der Waals surface area contributed by atoms with Crippen LogP contribution in [0.15, 0.2) is 30.3 Å². The molecule has 4 nitrogen and oxygen atoms in total. The van der Waals surface area contributed by atoms with Crippen molar-refractivity contribution in [3.8, 4) is 0 Å². The topological polar surface area (TPSA) is 63.6 Å². The van der Waals surface area contributed by atoms with Gasteiger partial charge in [0.2, 0.25) is 0 Å². The number of esters is 1. The highest BCUT2D eigenvalue weighted by molar-refractivity contribution is 5.97. The number of carbonyl (C=O) groups excluding carboxylic acids is 2. The second-order valence-electron chi connectivity index (χ2n) is 13.3. The lowest BCUT2D eigenvalue weighted by atomic mass is 9.91. The van der Waals surface area contributed by atoms with Gasteiger partial charge in [0, 0.05) is 5.56 Å². The van der Waals surface area contributed by atoms with Crippen molar-refractivity contribution in [2.75, 3.05) is 6.61 Å². The molecule has 254 valence electrons. The van der Waals surface area contributed by atoms with Gasteiger partial charge in [-0.3, -0.25) is 9.59 Å². The first kappa shape index (κ1) is 40.3. The minimum absolute atomic E-state index is 0.200. The molecule has 0 spiro atoms. The summed E-state index contributed by atoms with van der Waals surface area (Å²) in [6, 6.07) is 8.96. The fourth-order valence-electron chi connectivity index (χ4n) is 6.20. The Hall–Kier alpha value is -1.68. The summed E-state index contributed by atoms with van der Waals surface area (Å²) in [7, 11) is 0. The van der Waals surface area contributed by atoms with Crippen LogP contribution in [0, 0.1) is 5.92 Å². The average molecular weight is 615 g/mol. The molecule has 0 heterocycles. The van der Waals surface area contributed by atoms with Gasteiger partial charge in [-0.15, -0.1) is 0 Å². The van der Waals surface area contributed by atoms with Gasteiger partial charge in [-0.05, 0) is 12.8 Å². The number of carbonyl (C=O) groups is 2. The van der Waals surface area contributed by atoms with Crippen LogP contribution >= 0.6 is 0 Å². The van der Waals surface area contributed by atoms with Crippen molar-refractivity contribution in [3.05, 3.63) is 35.9 Å². The lowest BCUT2D eigenvalue weighted by molar-refractivity contribution is -0.152. The number of rotatable bonds is 32. The molecule has 1 N–H and O–H groups in total. The maximum Gasteiger partial charge on any atom is 0.312 e. The van der Waals surface area contributed by atoms with E-state index in [1.54, 1.807) is 12.1 Å². The molecular weight excluding hydrogens is 544 g/mol. The summed E-state index contributed by atoms with van der Waals surface area (Å²) < 4.78 is 5.47. The standard InChI is InChI=1S/C40H70O4/c1-3-5-7-9-11-13-15-17-19-21-23-25-30-34-38(41)37(40(43)44-35-39(42)36-31-27-26-28-32-36)33-29-24-22-20-18-16-14-12-10-8-6-4-2/h26-28,31-32,37-38,41H,3-25,29-30,33-35H2,1-2H3. The Morgan fingerprint density at radius 2 is 0.909 bits per heavy atom. The molecule has 1 rings (SSSR count). The van der Waals surface area contributed by atoms with E-state index in [2.05, 4.69) is 13.8 Å². The number of ether oxygens (including phenoxy) is 1. The number of benzene rings is 1. The van der Waals surface area contributed by atoms with E-state index in [1.165, 1.54) is 135 Å². The Morgan fingerprint density at radius 3 is 1.32 bits per heavy atom. The summed E-state index contributed by atoms with van der Waals surface area (Å²) in [4.78, 5) is 25.5. The highest BCUT2D eigenvalue weighted by Gasteiger charge is 2.28. The lowest BCUT2D eigenvalue weighted by Gasteiger charge is -2.21. The maximum atomic E-state index is 13.1. The first-order chi connectivity index (χ1) is 21.6. The van der Waals surface area contributed by atoms with Crippen LogP contribution in [0.1, 0.15) is 198 Å². The molecule has 0 amide bonds. The molecule has 0 aliphatic rings. The molecule has 1 aromatic carbocycles. The molecule has 0 saturated carbocycles. The van der Waals surface area contributed by atoms with E-state index in [0.717, 1.165) is 25.7 Å². The summed E-state index contributed by atoms with van der Waals surface area (Å²) in [5.41, 5.74) is 0.547. The number of ketones is 1. The molecular formula is C40H70O4. The third-order valence-corrected chi connectivity index (χ3v) is 9.18. The zero-order valence-corrected chi connectivity index (χ0v) is 29.0. The van der Waals surface area contributed by atoms with Crippen molar-refractivity contribution in [3.63, 3.8) is 0 Å².